The van der Waals surface area contributed by atoms with Crippen LogP contribution in [-0.2, 0) is 16.0 Å². The normalized spacial score (nSPS) is 15.4. The van der Waals surface area contributed by atoms with Gasteiger partial charge in [0.1, 0.15) is 0 Å². The largest absolute Gasteiger partial charge is 0.478 e. The van der Waals surface area contributed by atoms with E-state index in [-0.39, 0.29) is 17.4 Å². The summed E-state index contributed by atoms with van der Waals surface area (Å²) in [7, 11) is 5.68. The first-order valence-electron chi connectivity index (χ1n) is 12.0. The fraction of sp³-hybridized carbons (Fsp3) is 0.207. The van der Waals surface area contributed by atoms with Crippen molar-refractivity contribution in [1.29, 1.82) is 0 Å². The SMILES string of the molecule is CN(C)CC(=O)N1CCc2cc(N(C)C(=C3C(=O)Nc4cc(C(=O)O)ccc43)c3ccccc3)ccc21. The number of nitrogens with zero attached hydrogens (tertiary/aromatic N) is 3. The van der Waals surface area contributed by atoms with Gasteiger partial charge in [-0.2, -0.15) is 0 Å². The van der Waals surface area contributed by atoms with Crippen molar-refractivity contribution >= 4 is 46.1 Å². The van der Waals surface area contributed by atoms with Crippen molar-refractivity contribution in [3.8, 4) is 0 Å². The number of hydrogen-bond acceptors (Lipinski definition) is 5. The van der Waals surface area contributed by atoms with E-state index in [0.29, 0.717) is 35.6 Å². The highest BCUT2D eigenvalue weighted by Crippen LogP contribution is 2.41. The first-order chi connectivity index (χ1) is 17.7. The molecule has 3 aromatic rings. The summed E-state index contributed by atoms with van der Waals surface area (Å²) in [5, 5.41) is 12.2. The van der Waals surface area contributed by atoms with Crippen LogP contribution in [0.3, 0.4) is 0 Å². The molecule has 8 heteroatoms. The zero-order valence-corrected chi connectivity index (χ0v) is 21.0. The second-order valence-electron chi connectivity index (χ2n) is 9.51. The fourth-order valence-corrected chi connectivity index (χ4v) is 4.98. The molecule has 0 saturated carbocycles. The Kier molecular flexibility index (Phi) is 6.27. The summed E-state index contributed by atoms with van der Waals surface area (Å²) in [6.07, 6.45) is 0.759. The van der Waals surface area contributed by atoms with Crippen LogP contribution in [0.4, 0.5) is 17.1 Å². The lowest BCUT2D eigenvalue weighted by Crippen LogP contribution is -2.36. The average molecular weight is 497 g/mol. The van der Waals surface area contributed by atoms with Gasteiger partial charge in [0.2, 0.25) is 5.91 Å². The summed E-state index contributed by atoms with van der Waals surface area (Å²) < 4.78 is 0. The van der Waals surface area contributed by atoms with Gasteiger partial charge < -0.3 is 25.1 Å². The molecule has 2 aliphatic heterocycles. The van der Waals surface area contributed by atoms with Gasteiger partial charge in [0.25, 0.3) is 5.91 Å². The lowest BCUT2D eigenvalue weighted by Gasteiger charge is -2.26. The summed E-state index contributed by atoms with van der Waals surface area (Å²) in [4.78, 5) is 43.1. The third-order valence-electron chi connectivity index (χ3n) is 6.73. The first kappa shape index (κ1) is 24.3. The number of carbonyl (C=O) groups excluding carboxylic acids is 2. The lowest BCUT2D eigenvalue weighted by molar-refractivity contribution is -0.119. The first-order valence-corrected chi connectivity index (χ1v) is 12.0. The smallest absolute Gasteiger partial charge is 0.335 e. The minimum absolute atomic E-state index is 0.0666. The topological polar surface area (TPSA) is 93.2 Å². The number of likely N-dealkylation sites (N-methyl/N-ethyl adjacent to an activating group) is 1. The zero-order valence-electron chi connectivity index (χ0n) is 21.0. The van der Waals surface area contributed by atoms with Crippen molar-refractivity contribution in [2.45, 2.75) is 6.42 Å². The van der Waals surface area contributed by atoms with E-state index in [1.165, 1.54) is 12.1 Å². The minimum atomic E-state index is -1.05. The minimum Gasteiger partial charge on any atom is -0.478 e. The maximum atomic E-state index is 13.3. The summed E-state index contributed by atoms with van der Waals surface area (Å²) in [5.74, 6) is -1.27. The number of fused-ring (bicyclic) bond motifs is 2. The lowest BCUT2D eigenvalue weighted by atomic mass is 9.98. The van der Waals surface area contributed by atoms with Gasteiger partial charge in [-0.05, 0) is 62.0 Å². The van der Waals surface area contributed by atoms with Crippen LogP contribution in [0, 0.1) is 0 Å². The number of anilines is 3. The molecule has 0 fully saturated rings. The van der Waals surface area contributed by atoms with E-state index in [1.807, 2.05) is 78.3 Å². The predicted octanol–water partition coefficient (Wildman–Crippen LogP) is 3.79. The standard InChI is InChI=1S/C29H28N4O4/c1-31(2)17-25(34)33-14-13-19-15-21(10-12-24(19)33)32(3)27(18-7-5-4-6-8-18)26-22-11-9-20(29(36)37)16-23(22)30-28(26)35/h4-12,15-16H,13-14,17H2,1-3H3,(H,30,35)(H,36,37). The zero-order chi connectivity index (χ0) is 26.3. The van der Waals surface area contributed by atoms with Crippen LogP contribution in [0.15, 0.2) is 66.7 Å². The highest BCUT2D eigenvalue weighted by atomic mass is 16.4. The molecule has 0 saturated heterocycles. The molecular weight excluding hydrogens is 468 g/mol. The number of carboxylic acid groups (broad SMARTS) is 1. The Balaban J connectivity index is 1.59. The molecule has 0 spiro atoms. The van der Waals surface area contributed by atoms with Crippen molar-refractivity contribution in [3.05, 3.63) is 89.0 Å². The van der Waals surface area contributed by atoms with Crippen molar-refractivity contribution in [3.63, 3.8) is 0 Å². The van der Waals surface area contributed by atoms with Crippen LogP contribution in [0.2, 0.25) is 0 Å². The monoisotopic (exact) mass is 496 g/mol. The molecule has 2 heterocycles. The Morgan fingerprint density at radius 2 is 1.73 bits per heavy atom. The van der Waals surface area contributed by atoms with Gasteiger partial charge in [-0.25, -0.2) is 4.79 Å². The van der Waals surface area contributed by atoms with Crippen LogP contribution < -0.4 is 15.1 Å². The van der Waals surface area contributed by atoms with Gasteiger partial charge in [0.15, 0.2) is 0 Å². The maximum Gasteiger partial charge on any atom is 0.335 e. The van der Waals surface area contributed by atoms with Crippen molar-refractivity contribution in [2.24, 2.45) is 0 Å². The molecule has 0 radical (unpaired) electrons. The van der Waals surface area contributed by atoms with E-state index in [1.54, 1.807) is 6.07 Å². The van der Waals surface area contributed by atoms with Gasteiger partial charge in [-0.1, -0.05) is 36.4 Å². The number of hydrogen-bond donors (Lipinski definition) is 2. The summed E-state index contributed by atoms with van der Waals surface area (Å²) in [6.45, 7) is 0.993. The molecule has 3 aromatic carbocycles. The second-order valence-corrected chi connectivity index (χ2v) is 9.51. The van der Waals surface area contributed by atoms with E-state index >= 15 is 0 Å². The van der Waals surface area contributed by atoms with Gasteiger partial charge in [-0.3, -0.25) is 9.59 Å². The molecular formula is C29H28N4O4. The number of nitrogens with one attached hydrogen (secondary N) is 1. The average Bonchev–Trinajstić information content (AvgIpc) is 3.44. The van der Waals surface area contributed by atoms with Gasteiger partial charge in [-0.15, -0.1) is 0 Å². The number of carboxylic acids is 1. The van der Waals surface area contributed by atoms with Crippen molar-refractivity contribution in [1.82, 2.24) is 4.90 Å². The van der Waals surface area contributed by atoms with Gasteiger partial charge in [0.05, 0.1) is 29.1 Å². The van der Waals surface area contributed by atoms with E-state index in [9.17, 15) is 19.5 Å². The van der Waals surface area contributed by atoms with Crippen LogP contribution in [0.1, 0.15) is 27.0 Å². The highest BCUT2D eigenvalue weighted by Gasteiger charge is 2.31. The second kappa shape index (κ2) is 9.55. The Morgan fingerprint density at radius 1 is 0.973 bits per heavy atom. The molecule has 0 bridgehead atoms. The Labute approximate surface area is 215 Å². The van der Waals surface area contributed by atoms with E-state index in [2.05, 4.69) is 11.4 Å². The molecule has 2 N–H and O–H groups in total. The Bertz CT molecular complexity index is 1450. The van der Waals surface area contributed by atoms with Crippen LogP contribution in [0.25, 0.3) is 11.3 Å². The molecule has 37 heavy (non-hydrogen) atoms. The molecule has 0 atom stereocenters. The fourth-order valence-electron chi connectivity index (χ4n) is 4.98. The molecule has 8 nitrogen and oxygen atoms in total. The number of carbonyl (C=O) groups is 3. The third-order valence-corrected chi connectivity index (χ3v) is 6.73. The van der Waals surface area contributed by atoms with Crippen LogP contribution in [0.5, 0.6) is 0 Å². The summed E-state index contributed by atoms with van der Waals surface area (Å²) in [6, 6.07) is 20.3. The van der Waals surface area contributed by atoms with E-state index in [0.717, 1.165) is 28.9 Å². The van der Waals surface area contributed by atoms with Crippen LogP contribution >= 0.6 is 0 Å². The Morgan fingerprint density at radius 3 is 2.43 bits per heavy atom. The number of benzene rings is 3. The molecule has 188 valence electrons. The summed E-state index contributed by atoms with van der Waals surface area (Å²) in [5.41, 5.74) is 6.17. The third kappa shape index (κ3) is 4.47. The quantitative estimate of drug-likeness (QED) is 0.505. The highest BCUT2D eigenvalue weighted by molar-refractivity contribution is 6.37. The molecule has 2 amide bonds. The summed E-state index contributed by atoms with van der Waals surface area (Å²) >= 11 is 0. The van der Waals surface area contributed by atoms with Gasteiger partial charge in [0, 0.05) is 30.5 Å². The maximum absolute atomic E-state index is 13.3. The van der Waals surface area contributed by atoms with E-state index < -0.39 is 5.97 Å². The Hall–Kier alpha value is -4.43. The predicted molar refractivity (Wildman–Crippen MR) is 145 cm³/mol. The molecule has 0 aromatic heterocycles. The van der Waals surface area contributed by atoms with Crippen LogP contribution in [-0.4, -0.2) is 62.0 Å². The van der Waals surface area contributed by atoms with E-state index in [4.69, 9.17) is 0 Å². The molecule has 2 aliphatic rings. The molecule has 0 aliphatic carbocycles. The molecule has 5 rings (SSSR count). The van der Waals surface area contributed by atoms with Crippen molar-refractivity contribution < 1.29 is 19.5 Å². The van der Waals surface area contributed by atoms with Crippen molar-refractivity contribution in [2.75, 3.05) is 49.3 Å². The van der Waals surface area contributed by atoms with Gasteiger partial charge >= 0.3 is 5.97 Å². The number of aromatic carboxylic acids is 1. The number of rotatable bonds is 6. The molecule has 0 unspecified atom stereocenters. The number of amides is 2.